The molecule has 0 amide bonds. The summed E-state index contributed by atoms with van der Waals surface area (Å²) in [6, 6.07) is 5.65. The SMILES string of the molecule is COCCOc1nc(N)c2[nH]c(=S)n(Cc3cccc(CP(=O)(N[C@@H](C)C(=O)OC(C)C)N[C@@H](C)C(=O)OC(C)C)c3)c2n1. The summed E-state index contributed by atoms with van der Waals surface area (Å²) in [5.74, 6) is -0.934. The third kappa shape index (κ3) is 9.83. The van der Waals surface area contributed by atoms with Crippen molar-refractivity contribution in [2.75, 3.05) is 26.1 Å². The van der Waals surface area contributed by atoms with Gasteiger partial charge in [-0.3, -0.25) is 18.7 Å². The fourth-order valence-electron chi connectivity index (χ4n) is 4.25. The molecular formula is C28H42N7O7PS. The number of imidazole rings is 1. The monoisotopic (exact) mass is 651 g/mol. The van der Waals surface area contributed by atoms with Gasteiger partial charge in [-0.05, 0) is 64.9 Å². The lowest BCUT2D eigenvalue weighted by Crippen LogP contribution is -2.42. The number of ether oxygens (including phenoxy) is 4. The molecule has 1 aromatic carbocycles. The van der Waals surface area contributed by atoms with E-state index in [-0.39, 0.29) is 36.8 Å². The molecule has 2 heterocycles. The van der Waals surface area contributed by atoms with Crippen molar-refractivity contribution < 1.29 is 33.1 Å². The molecule has 2 atom stereocenters. The highest BCUT2D eigenvalue weighted by Gasteiger charge is 2.32. The number of H-pyrrole nitrogens is 1. The quantitative estimate of drug-likeness (QED) is 0.0761. The third-order valence-corrected chi connectivity index (χ3v) is 8.84. The van der Waals surface area contributed by atoms with Gasteiger partial charge in [0.1, 0.15) is 24.2 Å². The Morgan fingerprint density at radius 2 is 1.59 bits per heavy atom. The van der Waals surface area contributed by atoms with Crippen LogP contribution in [0.5, 0.6) is 6.01 Å². The van der Waals surface area contributed by atoms with E-state index in [0.29, 0.717) is 34.7 Å². The highest BCUT2D eigenvalue weighted by Crippen LogP contribution is 2.42. The van der Waals surface area contributed by atoms with Crippen molar-refractivity contribution in [2.24, 2.45) is 0 Å². The lowest BCUT2D eigenvalue weighted by Gasteiger charge is -2.27. The van der Waals surface area contributed by atoms with Crippen LogP contribution < -0.4 is 20.6 Å². The number of hydrogen-bond donors (Lipinski definition) is 4. The fourth-order valence-corrected chi connectivity index (χ4v) is 6.94. The van der Waals surface area contributed by atoms with Crippen LogP contribution in [0, 0.1) is 4.77 Å². The van der Waals surface area contributed by atoms with Gasteiger partial charge in [0.2, 0.25) is 7.44 Å². The summed E-state index contributed by atoms with van der Waals surface area (Å²) in [5.41, 5.74) is 8.59. The maximum absolute atomic E-state index is 14.3. The molecule has 0 aliphatic rings. The van der Waals surface area contributed by atoms with Gasteiger partial charge in [-0.25, -0.2) is 10.2 Å². The fraction of sp³-hybridized carbons (Fsp3) is 0.536. The Morgan fingerprint density at radius 1 is 1.00 bits per heavy atom. The molecule has 16 heteroatoms. The Kier molecular flexibility index (Phi) is 12.4. The van der Waals surface area contributed by atoms with E-state index in [0.717, 1.165) is 5.56 Å². The zero-order valence-electron chi connectivity index (χ0n) is 26.1. The van der Waals surface area contributed by atoms with Gasteiger partial charge in [0.25, 0.3) is 0 Å². The number of hydrogen-bond acceptors (Lipinski definition) is 11. The number of nitrogens with zero attached hydrogens (tertiary/aromatic N) is 3. The van der Waals surface area contributed by atoms with Crippen LogP contribution in [0.15, 0.2) is 24.3 Å². The van der Waals surface area contributed by atoms with Crippen molar-refractivity contribution in [3.63, 3.8) is 0 Å². The molecule has 44 heavy (non-hydrogen) atoms. The van der Waals surface area contributed by atoms with E-state index in [9.17, 15) is 14.2 Å². The van der Waals surface area contributed by atoms with Gasteiger partial charge in [0.15, 0.2) is 16.2 Å². The van der Waals surface area contributed by atoms with E-state index >= 15 is 0 Å². The first-order valence-electron chi connectivity index (χ1n) is 14.2. The third-order valence-electron chi connectivity index (χ3n) is 6.10. The van der Waals surface area contributed by atoms with Crippen LogP contribution in [0.25, 0.3) is 11.2 Å². The number of anilines is 1. The zero-order valence-corrected chi connectivity index (χ0v) is 27.8. The molecule has 3 aromatic rings. The van der Waals surface area contributed by atoms with Gasteiger partial charge >= 0.3 is 17.9 Å². The van der Waals surface area contributed by atoms with Gasteiger partial charge in [-0.15, -0.1) is 0 Å². The molecule has 14 nitrogen and oxygen atoms in total. The molecule has 242 valence electrons. The average Bonchev–Trinajstić information content (AvgIpc) is 3.23. The predicted octanol–water partition coefficient (Wildman–Crippen LogP) is 3.70. The number of aromatic nitrogens is 4. The molecule has 0 aliphatic heterocycles. The Labute approximate surface area is 261 Å². The smallest absolute Gasteiger partial charge is 0.323 e. The van der Waals surface area contributed by atoms with E-state index in [1.54, 1.807) is 53.2 Å². The lowest BCUT2D eigenvalue weighted by atomic mass is 10.1. The first-order valence-corrected chi connectivity index (χ1v) is 16.5. The van der Waals surface area contributed by atoms with Crippen LogP contribution in [-0.4, -0.2) is 76.1 Å². The van der Waals surface area contributed by atoms with E-state index in [1.165, 1.54) is 0 Å². The van der Waals surface area contributed by atoms with Crippen molar-refractivity contribution in [1.82, 2.24) is 29.7 Å². The number of nitrogen functional groups attached to an aromatic ring is 1. The Balaban J connectivity index is 1.90. The van der Waals surface area contributed by atoms with Crippen molar-refractivity contribution in [3.05, 3.63) is 40.2 Å². The highest BCUT2D eigenvalue weighted by molar-refractivity contribution is 7.71. The highest BCUT2D eigenvalue weighted by atomic mass is 32.1. The number of methoxy groups -OCH3 is 1. The largest absolute Gasteiger partial charge is 0.462 e. The Bertz CT molecular complexity index is 1520. The second kappa shape index (κ2) is 15.6. The number of nitrogens with one attached hydrogen (secondary N) is 3. The first kappa shape index (κ1) is 35.1. The minimum Gasteiger partial charge on any atom is -0.462 e. The minimum atomic E-state index is -3.61. The van der Waals surface area contributed by atoms with Gasteiger partial charge in [0.05, 0.1) is 31.5 Å². The molecule has 0 radical (unpaired) electrons. The topological polar surface area (TPSA) is 185 Å². The molecule has 0 unspecified atom stereocenters. The number of nitrogens with two attached hydrogens (primary N) is 1. The van der Waals surface area contributed by atoms with Crippen molar-refractivity contribution >= 4 is 48.6 Å². The number of fused-ring (bicyclic) bond motifs is 1. The first-order chi connectivity index (χ1) is 20.7. The number of esters is 2. The van der Waals surface area contributed by atoms with Crippen LogP contribution in [0.2, 0.25) is 0 Å². The van der Waals surface area contributed by atoms with Crippen LogP contribution in [0.3, 0.4) is 0 Å². The Hall–Kier alpha value is -3.36. The predicted molar refractivity (Wildman–Crippen MR) is 169 cm³/mol. The van der Waals surface area contributed by atoms with Crippen molar-refractivity contribution in [3.8, 4) is 6.01 Å². The molecule has 3 rings (SSSR count). The van der Waals surface area contributed by atoms with E-state index in [4.69, 9.17) is 36.9 Å². The summed E-state index contributed by atoms with van der Waals surface area (Å²) >= 11 is 5.56. The van der Waals surface area contributed by atoms with Crippen molar-refractivity contribution in [1.29, 1.82) is 0 Å². The zero-order chi connectivity index (χ0) is 32.6. The van der Waals surface area contributed by atoms with E-state index < -0.39 is 31.5 Å². The molecule has 5 N–H and O–H groups in total. The van der Waals surface area contributed by atoms with Gasteiger partial charge in [-0.1, -0.05) is 24.3 Å². The summed E-state index contributed by atoms with van der Waals surface area (Å²) in [6.07, 6.45) is -0.716. The number of benzene rings is 1. The number of aromatic amines is 1. The molecule has 0 fully saturated rings. The lowest BCUT2D eigenvalue weighted by molar-refractivity contribution is -0.149. The molecule has 0 saturated carbocycles. The molecular weight excluding hydrogens is 609 g/mol. The molecule has 0 saturated heterocycles. The summed E-state index contributed by atoms with van der Waals surface area (Å²) in [5, 5.41) is 5.80. The average molecular weight is 652 g/mol. The molecule has 0 spiro atoms. The summed E-state index contributed by atoms with van der Waals surface area (Å²) in [7, 11) is -2.05. The van der Waals surface area contributed by atoms with Crippen molar-refractivity contribution in [2.45, 2.75) is 78.5 Å². The second-order valence-electron chi connectivity index (χ2n) is 10.8. The maximum atomic E-state index is 14.3. The molecule has 2 aromatic heterocycles. The molecule has 0 bridgehead atoms. The van der Waals surface area contributed by atoms with Crippen LogP contribution in [-0.2, 0) is 41.1 Å². The maximum Gasteiger partial charge on any atom is 0.323 e. The standard InChI is InChI=1S/C28H42N7O7PS/c1-16(2)41-25(36)18(5)33-43(38,34-19(6)26(37)42-17(3)4)15-21-10-8-9-20(13-21)14-35-24-22(30-28(35)44)23(29)31-27(32-24)40-12-11-39-7/h8-10,13,16-19H,11-12,14-15H2,1-7H3,(H,30,44)(H2,29,31,32)(H2,33,34,38)/t18-,19-/m0/s1. The van der Waals surface area contributed by atoms with E-state index in [1.807, 2.05) is 24.3 Å². The Morgan fingerprint density at radius 3 is 2.16 bits per heavy atom. The van der Waals surface area contributed by atoms with E-state index in [2.05, 4.69) is 25.1 Å². The van der Waals surface area contributed by atoms with Gasteiger partial charge < -0.3 is 29.7 Å². The van der Waals surface area contributed by atoms with Gasteiger partial charge in [-0.2, -0.15) is 9.97 Å². The molecule has 0 aliphatic carbocycles. The summed E-state index contributed by atoms with van der Waals surface area (Å²) < 4.78 is 37.6. The van der Waals surface area contributed by atoms with Crippen LogP contribution >= 0.6 is 19.7 Å². The normalized spacial score (nSPS) is 13.3. The minimum absolute atomic E-state index is 0.0225. The van der Waals surface area contributed by atoms with Crippen LogP contribution in [0.4, 0.5) is 5.82 Å². The summed E-state index contributed by atoms with van der Waals surface area (Å²) in [6.45, 7) is 11.0. The number of carbonyl (C=O) groups is 2. The number of carbonyl (C=O) groups excluding carboxylic acids is 2. The van der Waals surface area contributed by atoms with Gasteiger partial charge in [0, 0.05) is 7.11 Å². The number of rotatable bonds is 16. The second-order valence-corrected chi connectivity index (χ2v) is 13.5. The summed E-state index contributed by atoms with van der Waals surface area (Å²) in [4.78, 5) is 36.9. The van der Waals surface area contributed by atoms with Crippen LogP contribution in [0.1, 0.15) is 52.7 Å².